The third-order valence-electron chi connectivity index (χ3n) is 2.80. The first kappa shape index (κ1) is 10.6. The fourth-order valence-electron chi connectivity index (χ4n) is 1.89. The molecule has 0 spiro atoms. The number of benzene rings is 1. The number of hydrogen-bond acceptors (Lipinski definition) is 4. The highest BCUT2D eigenvalue weighted by atomic mass is 15.1. The Bertz CT molecular complexity index is 660. The zero-order chi connectivity index (χ0) is 12.4. The van der Waals surface area contributed by atoms with E-state index >= 15 is 0 Å². The Hall–Kier alpha value is -2.56. The van der Waals surface area contributed by atoms with E-state index in [1.54, 1.807) is 12.4 Å². The highest BCUT2D eigenvalue weighted by Gasteiger charge is 2.02. The number of nitrogen functional groups attached to an aromatic ring is 1. The molecule has 2 heterocycles. The van der Waals surface area contributed by atoms with Crippen LogP contribution in [-0.2, 0) is 6.54 Å². The minimum atomic E-state index is 0.722. The number of fused-ring (bicyclic) bond motifs is 1. The number of H-pyrrole nitrogens is 1. The highest BCUT2D eigenvalue weighted by molar-refractivity contribution is 5.92. The molecule has 5 nitrogen and oxygen atoms in total. The lowest BCUT2D eigenvalue weighted by Crippen LogP contribution is -1.99. The summed E-state index contributed by atoms with van der Waals surface area (Å²) in [6, 6.07) is 7.69. The van der Waals surface area contributed by atoms with Crippen LogP contribution in [0, 0.1) is 0 Å². The van der Waals surface area contributed by atoms with E-state index in [-0.39, 0.29) is 0 Å². The largest absolute Gasteiger partial charge is 0.399 e. The van der Waals surface area contributed by atoms with Crippen LogP contribution >= 0.6 is 0 Å². The summed E-state index contributed by atoms with van der Waals surface area (Å²) < 4.78 is 0. The van der Waals surface area contributed by atoms with Gasteiger partial charge in [-0.05, 0) is 24.3 Å². The average molecular weight is 239 g/mol. The third kappa shape index (κ3) is 1.98. The van der Waals surface area contributed by atoms with E-state index in [1.807, 2.05) is 30.5 Å². The SMILES string of the molecule is Nc1ccc2c(NCc3cn[nH]c3)ccnc2c1. The second-order valence-corrected chi connectivity index (χ2v) is 4.10. The van der Waals surface area contributed by atoms with Gasteiger partial charge in [0.15, 0.2) is 0 Å². The van der Waals surface area contributed by atoms with Crippen LogP contribution in [0.2, 0.25) is 0 Å². The first-order valence-electron chi connectivity index (χ1n) is 5.69. The van der Waals surface area contributed by atoms with Crippen molar-refractivity contribution in [3.63, 3.8) is 0 Å². The van der Waals surface area contributed by atoms with E-state index < -0.39 is 0 Å². The first-order chi connectivity index (χ1) is 8.83. The Kier molecular flexibility index (Phi) is 2.57. The van der Waals surface area contributed by atoms with Gasteiger partial charge in [0.05, 0.1) is 11.7 Å². The fraction of sp³-hybridized carbons (Fsp3) is 0.0769. The van der Waals surface area contributed by atoms with E-state index in [9.17, 15) is 0 Å². The maximum atomic E-state index is 5.75. The standard InChI is InChI=1S/C13H13N5/c14-10-1-2-11-12(3-4-15-13(11)5-10)16-6-9-7-17-18-8-9/h1-5,7-8H,6,14H2,(H,15,16)(H,17,18). The van der Waals surface area contributed by atoms with Gasteiger partial charge in [-0.25, -0.2) is 0 Å². The van der Waals surface area contributed by atoms with Gasteiger partial charge in [0, 0.05) is 41.3 Å². The lowest BCUT2D eigenvalue weighted by atomic mass is 10.1. The topological polar surface area (TPSA) is 79.6 Å². The number of anilines is 2. The van der Waals surface area contributed by atoms with Crippen LogP contribution in [0.1, 0.15) is 5.56 Å². The van der Waals surface area contributed by atoms with Gasteiger partial charge < -0.3 is 11.1 Å². The molecule has 0 radical (unpaired) electrons. The summed E-state index contributed by atoms with van der Waals surface area (Å²) in [5.74, 6) is 0. The van der Waals surface area contributed by atoms with Crippen molar-refractivity contribution in [1.82, 2.24) is 15.2 Å². The van der Waals surface area contributed by atoms with Crippen molar-refractivity contribution in [2.75, 3.05) is 11.1 Å². The zero-order valence-corrected chi connectivity index (χ0v) is 9.72. The molecule has 0 aliphatic carbocycles. The number of aromatic amines is 1. The number of aromatic nitrogens is 3. The van der Waals surface area contributed by atoms with Gasteiger partial charge in [-0.1, -0.05) is 0 Å². The molecule has 3 rings (SSSR count). The predicted octanol–water partition coefficient (Wildman–Crippen LogP) is 2.15. The van der Waals surface area contributed by atoms with Crippen LogP contribution in [0.5, 0.6) is 0 Å². The molecule has 0 bridgehead atoms. The molecule has 0 fully saturated rings. The maximum absolute atomic E-state index is 5.75. The molecule has 0 aliphatic rings. The molecular weight excluding hydrogens is 226 g/mol. The van der Waals surface area contributed by atoms with Crippen molar-refractivity contribution in [2.45, 2.75) is 6.54 Å². The average Bonchev–Trinajstić information content (AvgIpc) is 2.89. The molecule has 1 aromatic carbocycles. The van der Waals surface area contributed by atoms with Crippen LogP contribution in [0.4, 0.5) is 11.4 Å². The summed E-state index contributed by atoms with van der Waals surface area (Å²) in [7, 11) is 0. The van der Waals surface area contributed by atoms with Gasteiger partial charge in [0.2, 0.25) is 0 Å². The number of pyridine rings is 1. The second kappa shape index (κ2) is 4.37. The van der Waals surface area contributed by atoms with E-state index in [4.69, 9.17) is 5.73 Å². The third-order valence-corrected chi connectivity index (χ3v) is 2.80. The molecule has 2 aromatic heterocycles. The molecule has 90 valence electrons. The molecule has 0 aliphatic heterocycles. The Morgan fingerprint density at radius 3 is 3.06 bits per heavy atom. The molecule has 18 heavy (non-hydrogen) atoms. The fourth-order valence-corrected chi connectivity index (χ4v) is 1.89. The quantitative estimate of drug-likeness (QED) is 0.612. The summed E-state index contributed by atoms with van der Waals surface area (Å²) in [5, 5.41) is 11.1. The number of nitrogens with two attached hydrogens (primary N) is 1. The summed E-state index contributed by atoms with van der Waals surface area (Å²) >= 11 is 0. The second-order valence-electron chi connectivity index (χ2n) is 4.10. The summed E-state index contributed by atoms with van der Waals surface area (Å²) in [6.07, 6.45) is 5.45. The Morgan fingerprint density at radius 2 is 2.22 bits per heavy atom. The van der Waals surface area contributed by atoms with Gasteiger partial charge in [-0.15, -0.1) is 0 Å². The minimum absolute atomic E-state index is 0.722. The van der Waals surface area contributed by atoms with Gasteiger partial charge in [-0.2, -0.15) is 5.10 Å². The molecule has 0 amide bonds. The lowest BCUT2D eigenvalue weighted by Gasteiger charge is -2.08. The number of nitrogens with zero attached hydrogens (tertiary/aromatic N) is 2. The highest BCUT2D eigenvalue weighted by Crippen LogP contribution is 2.23. The van der Waals surface area contributed by atoms with Gasteiger partial charge >= 0.3 is 0 Å². The van der Waals surface area contributed by atoms with Crippen molar-refractivity contribution < 1.29 is 0 Å². The van der Waals surface area contributed by atoms with Gasteiger partial charge in [-0.3, -0.25) is 10.1 Å². The van der Waals surface area contributed by atoms with E-state index in [2.05, 4.69) is 20.5 Å². The maximum Gasteiger partial charge on any atom is 0.0743 e. The summed E-state index contributed by atoms with van der Waals surface area (Å²) in [6.45, 7) is 0.722. The molecule has 4 N–H and O–H groups in total. The first-order valence-corrected chi connectivity index (χ1v) is 5.69. The number of nitrogens with one attached hydrogen (secondary N) is 2. The van der Waals surface area contributed by atoms with Crippen LogP contribution in [0.25, 0.3) is 10.9 Å². The zero-order valence-electron chi connectivity index (χ0n) is 9.72. The summed E-state index contributed by atoms with van der Waals surface area (Å²) in [4.78, 5) is 4.31. The van der Waals surface area contributed by atoms with Crippen LogP contribution in [0.15, 0.2) is 42.9 Å². The van der Waals surface area contributed by atoms with Gasteiger partial charge in [0.1, 0.15) is 0 Å². The normalized spacial score (nSPS) is 10.7. The van der Waals surface area contributed by atoms with Crippen molar-refractivity contribution in [1.29, 1.82) is 0 Å². The lowest BCUT2D eigenvalue weighted by molar-refractivity contribution is 1.09. The molecule has 5 heteroatoms. The monoisotopic (exact) mass is 239 g/mol. The Morgan fingerprint density at radius 1 is 1.28 bits per heavy atom. The molecule has 0 saturated heterocycles. The van der Waals surface area contributed by atoms with Gasteiger partial charge in [0.25, 0.3) is 0 Å². The molecule has 0 atom stereocenters. The van der Waals surface area contributed by atoms with E-state index in [0.717, 1.165) is 34.4 Å². The Labute approximate surface area is 104 Å². The smallest absolute Gasteiger partial charge is 0.0743 e. The van der Waals surface area contributed by atoms with Crippen LogP contribution in [-0.4, -0.2) is 15.2 Å². The van der Waals surface area contributed by atoms with Crippen molar-refractivity contribution in [2.24, 2.45) is 0 Å². The molecule has 3 aromatic rings. The Balaban J connectivity index is 1.92. The van der Waals surface area contributed by atoms with Crippen molar-refractivity contribution in [3.8, 4) is 0 Å². The van der Waals surface area contributed by atoms with Crippen LogP contribution in [0.3, 0.4) is 0 Å². The minimum Gasteiger partial charge on any atom is -0.399 e. The summed E-state index contributed by atoms with van der Waals surface area (Å²) in [5.41, 5.74) is 9.52. The molecule has 0 unspecified atom stereocenters. The van der Waals surface area contributed by atoms with Crippen LogP contribution < -0.4 is 11.1 Å². The predicted molar refractivity (Wildman–Crippen MR) is 72.1 cm³/mol. The van der Waals surface area contributed by atoms with Crippen molar-refractivity contribution in [3.05, 3.63) is 48.4 Å². The molecule has 0 saturated carbocycles. The van der Waals surface area contributed by atoms with E-state index in [1.165, 1.54) is 0 Å². The van der Waals surface area contributed by atoms with E-state index in [0.29, 0.717) is 0 Å². The van der Waals surface area contributed by atoms with Crippen molar-refractivity contribution >= 4 is 22.3 Å². The number of hydrogen-bond donors (Lipinski definition) is 3. The number of rotatable bonds is 3. The molecular formula is C13H13N5.